The van der Waals surface area contributed by atoms with Crippen LogP contribution < -0.4 is 0 Å². The van der Waals surface area contributed by atoms with Gasteiger partial charge in [0.2, 0.25) is 0 Å². The van der Waals surface area contributed by atoms with Crippen molar-refractivity contribution in [2.75, 3.05) is 7.05 Å². The molecule has 0 radical (unpaired) electrons. The number of likely N-dealkylation sites (N-methyl/N-ethyl adjacent to an activating group) is 1. The van der Waals surface area contributed by atoms with Gasteiger partial charge in [-0.1, -0.05) is 12.7 Å². The molecule has 1 unspecified atom stereocenters. The molecular formula is C14H23NO2. The maximum Gasteiger partial charge on any atom is 0.333 e. The first-order valence-electron chi connectivity index (χ1n) is 5.89. The second-order valence-electron chi connectivity index (χ2n) is 5.83. The second kappa shape index (κ2) is 4.30. The van der Waals surface area contributed by atoms with E-state index < -0.39 is 0 Å². The number of hydrogen-bond acceptors (Lipinski definition) is 3. The Morgan fingerprint density at radius 1 is 1.35 bits per heavy atom. The SMILES string of the molecule is C=C(C)C(=O)OC1C=CC(C)(C)N(C)C1(C)C. The summed E-state index contributed by atoms with van der Waals surface area (Å²) in [7, 11) is 2.05. The van der Waals surface area contributed by atoms with Gasteiger partial charge in [-0.15, -0.1) is 0 Å². The Morgan fingerprint density at radius 3 is 2.35 bits per heavy atom. The van der Waals surface area contributed by atoms with Gasteiger partial charge in [-0.25, -0.2) is 4.79 Å². The number of hydrogen-bond donors (Lipinski definition) is 0. The third-order valence-electron chi connectivity index (χ3n) is 3.69. The summed E-state index contributed by atoms with van der Waals surface area (Å²) in [5, 5.41) is 0. The van der Waals surface area contributed by atoms with Crippen LogP contribution in [0.1, 0.15) is 34.6 Å². The van der Waals surface area contributed by atoms with Gasteiger partial charge < -0.3 is 4.74 Å². The topological polar surface area (TPSA) is 29.5 Å². The van der Waals surface area contributed by atoms with Gasteiger partial charge in [0, 0.05) is 11.1 Å². The van der Waals surface area contributed by atoms with Crippen molar-refractivity contribution in [1.82, 2.24) is 4.90 Å². The molecular weight excluding hydrogens is 214 g/mol. The summed E-state index contributed by atoms with van der Waals surface area (Å²) in [6.45, 7) is 13.7. The van der Waals surface area contributed by atoms with Crippen molar-refractivity contribution in [3.63, 3.8) is 0 Å². The fraction of sp³-hybridized carbons (Fsp3) is 0.643. The van der Waals surface area contributed by atoms with E-state index in [4.69, 9.17) is 4.74 Å². The molecule has 0 fully saturated rings. The van der Waals surface area contributed by atoms with Crippen molar-refractivity contribution in [1.29, 1.82) is 0 Å². The molecule has 1 atom stereocenters. The quantitative estimate of drug-likeness (QED) is 0.420. The first-order valence-corrected chi connectivity index (χ1v) is 5.89. The summed E-state index contributed by atoms with van der Waals surface area (Å²) < 4.78 is 5.46. The highest BCUT2D eigenvalue weighted by Crippen LogP contribution is 2.34. The van der Waals surface area contributed by atoms with Gasteiger partial charge in [-0.2, -0.15) is 0 Å². The maximum absolute atomic E-state index is 11.6. The molecule has 3 nitrogen and oxygen atoms in total. The molecule has 0 spiro atoms. The molecule has 3 heteroatoms. The summed E-state index contributed by atoms with van der Waals surface area (Å²) in [5.41, 5.74) is 0.167. The fourth-order valence-electron chi connectivity index (χ4n) is 2.00. The van der Waals surface area contributed by atoms with Crippen LogP contribution in [-0.2, 0) is 9.53 Å². The van der Waals surface area contributed by atoms with E-state index in [1.807, 2.05) is 13.1 Å². The summed E-state index contributed by atoms with van der Waals surface area (Å²) >= 11 is 0. The van der Waals surface area contributed by atoms with E-state index in [-0.39, 0.29) is 23.2 Å². The molecule has 0 bridgehead atoms. The maximum atomic E-state index is 11.6. The minimum absolute atomic E-state index is 0.0321. The van der Waals surface area contributed by atoms with Gasteiger partial charge in [0.25, 0.3) is 0 Å². The zero-order chi connectivity index (χ0) is 13.4. The molecule has 1 heterocycles. The Bertz CT molecular complexity index is 366. The predicted molar refractivity (Wildman–Crippen MR) is 69.8 cm³/mol. The Kier molecular flexibility index (Phi) is 3.53. The Balaban J connectivity index is 2.96. The van der Waals surface area contributed by atoms with E-state index in [1.54, 1.807) is 6.92 Å². The Labute approximate surface area is 104 Å². The molecule has 1 aliphatic rings. The molecule has 1 aliphatic heterocycles. The van der Waals surface area contributed by atoms with Crippen molar-refractivity contribution in [2.45, 2.75) is 51.8 Å². The highest BCUT2D eigenvalue weighted by Gasteiger charge is 2.43. The van der Waals surface area contributed by atoms with Crippen LogP contribution in [0.4, 0.5) is 0 Å². The summed E-state index contributed by atoms with van der Waals surface area (Å²) in [6, 6.07) is 0. The third kappa shape index (κ3) is 2.60. The van der Waals surface area contributed by atoms with Gasteiger partial charge in [-0.05, 0) is 47.7 Å². The summed E-state index contributed by atoms with van der Waals surface area (Å²) in [4.78, 5) is 13.8. The van der Waals surface area contributed by atoms with E-state index >= 15 is 0 Å². The predicted octanol–water partition coefficient (Wildman–Crippen LogP) is 2.53. The van der Waals surface area contributed by atoms with Crippen LogP contribution >= 0.6 is 0 Å². The van der Waals surface area contributed by atoms with Gasteiger partial charge in [0.15, 0.2) is 0 Å². The van der Waals surface area contributed by atoms with Crippen molar-refractivity contribution in [3.8, 4) is 0 Å². The molecule has 0 saturated carbocycles. The van der Waals surface area contributed by atoms with E-state index in [1.165, 1.54) is 0 Å². The van der Waals surface area contributed by atoms with E-state index in [0.29, 0.717) is 5.57 Å². The molecule has 0 aromatic carbocycles. The number of esters is 1. The third-order valence-corrected chi connectivity index (χ3v) is 3.69. The minimum atomic E-state index is -0.333. The van der Waals surface area contributed by atoms with Crippen LogP contribution in [0, 0.1) is 0 Å². The second-order valence-corrected chi connectivity index (χ2v) is 5.83. The Hall–Kier alpha value is -1.09. The lowest BCUT2D eigenvalue weighted by Gasteiger charge is -2.50. The van der Waals surface area contributed by atoms with Crippen LogP contribution in [0.3, 0.4) is 0 Å². The van der Waals surface area contributed by atoms with Crippen molar-refractivity contribution in [2.24, 2.45) is 0 Å². The molecule has 0 aliphatic carbocycles. The van der Waals surface area contributed by atoms with Crippen molar-refractivity contribution in [3.05, 3.63) is 24.3 Å². The van der Waals surface area contributed by atoms with Crippen LogP contribution in [0.5, 0.6) is 0 Å². The van der Waals surface area contributed by atoms with Crippen molar-refractivity contribution >= 4 is 5.97 Å². The molecule has 0 N–H and O–H groups in total. The van der Waals surface area contributed by atoms with Crippen LogP contribution in [0.25, 0.3) is 0 Å². The molecule has 0 saturated heterocycles. The summed E-state index contributed by atoms with van der Waals surface area (Å²) in [6.07, 6.45) is 3.81. The number of nitrogens with zero attached hydrogens (tertiary/aromatic N) is 1. The standard InChI is InChI=1S/C14H23NO2/c1-10(2)12(16)17-11-8-9-13(3,4)15(7)14(11,5)6/h8-9,11H,1H2,2-7H3. The lowest BCUT2D eigenvalue weighted by atomic mass is 9.83. The first-order chi connectivity index (χ1) is 7.59. The lowest BCUT2D eigenvalue weighted by molar-refractivity contribution is -0.150. The van der Waals surface area contributed by atoms with Gasteiger partial charge in [0.05, 0.1) is 5.54 Å². The molecule has 96 valence electrons. The lowest BCUT2D eigenvalue weighted by Crippen LogP contribution is -2.61. The van der Waals surface area contributed by atoms with E-state index in [9.17, 15) is 4.79 Å². The average Bonchev–Trinajstić information content (AvgIpc) is 2.20. The van der Waals surface area contributed by atoms with Crippen LogP contribution in [0.15, 0.2) is 24.3 Å². The normalized spacial score (nSPS) is 26.6. The van der Waals surface area contributed by atoms with Crippen LogP contribution in [-0.4, -0.2) is 35.1 Å². The molecule has 0 aromatic heterocycles. The van der Waals surface area contributed by atoms with Gasteiger partial charge in [-0.3, -0.25) is 4.90 Å². The molecule has 0 aromatic rings. The largest absolute Gasteiger partial charge is 0.453 e. The number of carbonyl (C=O) groups excluding carboxylic acids is 1. The monoisotopic (exact) mass is 237 g/mol. The van der Waals surface area contributed by atoms with Gasteiger partial charge >= 0.3 is 5.97 Å². The molecule has 0 amide bonds. The van der Waals surface area contributed by atoms with E-state index in [0.717, 1.165) is 0 Å². The minimum Gasteiger partial charge on any atom is -0.453 e. The number of rotatable bonds is 2. The first kappa shape index (κ1) is 14.0. The average molecular weight is 237 g/mol. The van der Waals surface area contributed by atoms with E-state index in [2.05, 4.69) is 45.2 Å². The van der Waals surface area contributed by atoms with Crippen LogP contribution in [0.2, 0.25) is 0 Å². The number of carbonyl (C=O) groups is 1. The fourth-order valence-corrected chi connectivity index (χ4v) is 2.00. The van der Waals surface area contributed by atoms with Crippen molar-refractivity contribution < 1.29 is 9.53 Å². The highest BCUT2D eigenvalue weighted by molar-refractivity contribution is 5.87. The number of ether oxygens (including phenoxy) is 1. The zero-order valence-corrected chi connectivity index (χ0v) is 11.7. The summed E-state index contributed by atoms with van der Waals surface area (Å²) in [5.74, 6) is -0.333. The molecule has 17 heavy (non-hydrogen) atoms. The highest BCUT2D eigenvalue weighted by atomic mass is 16.5. The molecule has 1 rings (SSSR count). The zero-order valence-electron chi connectivity index (χ0n) is 11.7. The smallest absolute Gasteiger partial charge is 0.333 e. The Morgan fingerprint density at radius 2 is 1.88 bits per heavy atom. The van der Waals surface area contributed by atoms with Gasteiger partial charge in [0.1, 0.15) is 6.10 Å².